The second-order valence-corrected chi connectivity index (χ2v) is 5.43. The minimum Gasteiger partial charge on any atom is -0.294 e. The number of nitrogens with zero attached hydrogens (tertiary/aromatic N) is 4. The molecule has 0 bridgehead atoms. The van der Waals surface area contributed by atoms with Crippen molar-refractivity contribution in [3.05, 3.63) is 41.3 Å². The molecule has 0 fully saturated rings. The van der Waals surface area contributed by atoms with E-state index in [1.54, 1.807) is 16.6 Å². The summed E-state index contributed by atoms with van der Waals surface area (Å²) < 4.78 is 1.75. The van der Waals surface area contributed by atoms with E-state index in [4.69, 9.17) is 0 Å². The highest BCUT2D eigenvalue weighted by Gasteiger charge is 2.21. The van der Waals surface area contributed by atoms with Crippen LogP contribution in [0.2, 0.25) is 0 Å². The summed E-state index contributed by atoms with van der Waals surface area (Å²) in [6.45, 7) is 8.71. The van der Waals surface area contributed by atoms with E-state index < -0.39 is 0 Å². The van der Waals surface area contributed by atoms with Gasteiger partial charge in [-0.1, -0.05) is 19.9 Å². The Labute approximate surface area is 125 Å². The second kappa shape index (κ2) is 6.08. The Morgan fingerprint density at radius 1 is 1.38 bits per heavy atom. The summed E-state index contributed by atoms with van der Waals surface area (Å²) in [6, 6.07) is 7.52. The lowest BCUT2D eigenvalue weighted by atomic mass is 10.1. The van der Waals surface area contributed by atoms with Gasteiger partial charge in [0.15, 0.2) is 0 Å². The van der Waals surface area contributed by atoms with Crippen molar-refractivity contribution in [2.24, 2.45) is 0 Å². The number of amides is 1. The molecule has 5 heteroatoms. The molecule has 0 aliphatic rings. The number of hydrogen-bond donors (Lipinski definition) is 0. The molecule has 0 spiro atoms. The van der Waals surface area contributed by atoms with Gasteiger partial charge >= 0.3 is 0 Å². The normalized spacial score (nSPS) is 11.0. The van der Waals surface area contributed by atoms with Gasteiger partial charge in [-0.25, -0.2) is 4.98 Å². The third-order valence-corrected chi connectivity index (χ3v) is 3.43. The lowest BCUT2D eigenvalue weighted by molar-refractivity contribution is 0.0982. The maximum absolute atomic E-state index is 12.7. The number of pyridine rings is 1. The molecule has 2 aromatic rings. The smallest absolute Gasteiger partial charge is 0.277 e. The summed E-state index contributed by atoms with van der Waals surface area (Å²) in [4.78, 5) is 18.7. The van der Waals surface area contributed by atoms with Crippen LogP contribution in [0, 0.1) is 6.92 Å². The van der Waals surface area contributed by atoms with E-state index in [1.807, 2.05) is 38.1 Å². The lowest BCUT2D eigenvalue weighted by Gasteiger charge is -2.16. The Bertz CT molecular complexity index is 645. The van der Waals surface area contributed by atoms with Gasteiger partial charge in [-0.05, 0) is 38.0 Å². The maximum atomic E-state index is 12.7. The molecule has 0 aliphatic heterocycles. The zero-order valence-electron chi connectivity index (χ0n) is 13.3. The quantitative estimate of drug-likeness (QED) is 0.868. The maximum Gasteiger partial charge on any atom is 0.277 e. The van der Waals surface area contributed by atoms with E-state index in [0.717, 1.165) is 11.4 Å². The standard InChI is InChI=1S/C16H22N4O/c1-6-20-14(10-13(18-20)11(2)3)16(21)19(5)15-9-7-8-12(4)17-15/h7-11H,6H2,1-5H3. The SMILES string of the molecule is CCn1nc(C(C)C)cc1C(=O)N(C)c1cccc(C)n1. The Balaban J connectivity index is 2.35. The molecule has 0 saturated heterocycles. The molecular formula is C16H22N4O. The van der Waals surface area contributed by atoms with Crippen LogP contribution in [0.3, 0.4) is 0 Å². The Kier molecular flexibility index (Phi) is 4.40. The average Bonchev–Trinajstić information content (AvgIpc) is 2.90. The molecule has 112 valence electrons. The van der Waals surface area contributed by atoms with E-state index in [1.165, 1.54) is 0 Å². The summed E-state index contributed by atoms with van der Waals surface area (Å²) in [6.07, 6.45) is 0. The second-order valence-electron chi connectivity index (χ2n) is 5.43. The summed E-state index contributed by atoms with van der Waals surface area (Å²) in [5.41, 5.74) is 2.43. The first-order valence-electron chi connectivity index (χ1n) is 7.23. The van der Waals surface area contributed by atoms with Crippen molar-refractivity contribution in [2.75, 3.05) is 11.9 Å². The van der Waals surface area contributed by atoms with Crippen LogP contribution in [0.25, 0.3) is 0 Å². The molecule has 0 atom stereocenters. The third kappa shape index (κ3) is 3.12. The van der Waals surface area contributed by atoms with Crippen molar-refractivity contribution in [3.63, 3.8) is 0 Å². The number of carbonyl (C=O) groups excluding carboxylic acids is 1. The van der Waals surface area contributed by atoms with Crippen LogP contribution in [0.15, 0.2) is 24.3 Å². The molecule has 2 aromatic heterocycles. The van der Waals surface area contributed by atoms with E-state index >= 15 is 0 Å². The van der Waals surface area contributed by atoms with Crippen LogP contribution in [-0.2, 0) is 6.54 Å². The highest BCUT2D eigenvalue weighted by atomic mass is 16.2. The predicted molar refractivity (Wildman–Crippen MR) is 83.7 cm³/mol. The molecule has 0 N–H and O–H groups in total. The van der Waals surface area contributed by atoms with Crippen molar-refractivity contribution < 1.29 is 4.79 Å². The summed E-state index contributed by atoms with van der Waals surface area (Å²) >= 11 is 0. The van der Waals surface area contributed by atoms with Crippen LogP contribution < -0.4 is 4.90 Å². The summed E-state index contributed by atoms with van der Waals surface area (Å²) in [7, 11) is 1.74. The number of aryl methyl sites for hydroxylation is 2. The summed E-state index contributed by atoms with van der Waals surface area (Å²) in [5, 5.41) is 4.49. The molecule has 0 radical (unpaired) electrons. The van der Waals surface area contributed by atoms with Crippen LogP contribution in [0.5, 0.6) is 0 Å². The highest BCUT2D eigenvalue weighted by Crippen LogP contribution is 2.18. The zero-order valence-corrected chi connectivity index (χ0v) is 13.3. The van der Waals surface area contributed by atoms with Crippen molar-refractivity contribution in [1.29, 1.82) is 0 Å². The monoisotopic (exact) mass is 286 g/mol. The van der Waals surface area contributed by atoms with Gasteiger partial charge in [0.05, 0.1) is 5.69 Å². The van der Waals surface area contributed by atoms with Gasteiger partial charge in [0.25, 0.3) is 5.91 Å². The number of anilines is 1. The van der Waals surface area contributed by atoms with E-state index in [9.17, 15) is 4.79 Å². The lowest BCUT2D eigenvalue weighted by Crippen LogP contribution is -2.29. The zero-order chi connectivity index (χ0) is 15.6. The molecule has 0 saturated carbocycles. The van der Waals surface area contributed by atoms with Crippen LogP contribution in [0.1, 0.15) is 48.6 Å². The molecule has 21 heavy (non-hydrogen) atoms. The molecule has 2 heterocycles. The topological polar surface area (TPSA) is 51.0 Å². The molecule has 2 rings (SSSR count). The largest absolute Gasteiger partial charge is 0.294 e. The van der Waals surface area contributed by atoms with E-state index in [2.05, 4.69) is 23.9 Å². The average molecular weight is 286 g/mol. The number of aromatic nitrogens is 3. The van der Waals surface area contributed by atoms with Crippen LogP contribution >= 0.6 is 0 Å². The molecule has 0 aliphatic carbocycles. The first-order chi connectivity index (χ1) is 9.93. The Hall–Kier alpha value is -2.17. The van der Waals surface area contributed by atoms with Crippen molar-refractivity contribution in [2.45, 2.75) is 40.2 Å². The van der Waals surface area contributed by atoms with Gasteiger partial charge in [-0.2, -0.15) is 5.10 Å². The number of hydrogen-bond acceptors (Lipinski definition) is 3. The minimum atomic E-state index is -0.0886. The highest BCUT2D eigenvalue weighted by molar-refractivity contribution is 6.04. The van der Waals surface area contributed by atoms with Gasteiger partial charge in [0.2, 0.25) is 0 Å². The van der Waals surface area contributed by atoms with Crippen LogP contribution in [-0.4, -0.2) is 27.7 Å². The Morgan fingerprint density at radius 2 is 2.10 bits per heavy atom. The van der Waals surface area contributed by atoms with Crippen molar-refractivity contribution >= 4 is 11.7 Å². The van der Waals surface area contributed by atoms with Gasteiger partial charge in [0, 0.05) is 19.3 Å². The fourth-order valence-corrected chi connectivity index (χ4v) is 2.12. The van der Waals surface area contributed by atoms with Crippen molar-refractivity contribution in [1.82, 2.24) is 14.8 Å². The molecular weight excluding hydrogens is 264 g/mol. The minimum absolute atomic E-state index is 0.0886. The third-order valence-electron chi connectivity index (χ3n) is 3.43. The predicted octanol–water partition coefficient (Wildman–Crippen LogP) is 3.01. The molecule has 0 unspecified atom stereocenters. The van der Waals surface area contributed by atoms with Gasteiger partial charge in [-0.15, -0.1) is 0 Å². The molecule has 0 aromatic carbocycles. The van der Waals surface area contributed by atoms with Crippen molar-refractivity contribution in [3.8, 4) is 0 Å². The first-order valence-corrected chi connectivity index (χ1v) is 7.23. The van der Waals surface area contributed by atoms with E-state index in [-0.39, 0.29) is 5.91 Å². The molecule has 5 nitrogen and oxygen atoms in total. The van der Waals surface area contributed by atoms with Crippen LogP contribution in [0.4, 0.5) is 5.82 Å². The van der Waals surface area contributed by atoms with Gasteiger partial charge in [0.1, 0.15) is 11.5 Å². The van der Waals surface area contributed by atoms with Gasteiger partial charge in [-0.3, -0.25) is 14.4 Å². The number of rotatable bonds is 4. The first kappa shape index (κ1) is 15.2. The Morgan fingerprint density at radius 3 is 2.67 bits per heavy atom. The fraction of sp³-hybridized carbons (Fsp3) is 0.438. The van der Waals surface area contributed by atoms with Gasteiger partial charge < -0.3 is 0 Å². The molecule has 1 amide bonds. The fourth-order valence-electron chi connectivity index (χ4n) is 2.12. The summed E-state index contributed by atoms with van der Waals surface area (Å²) in [5.74, 6) is 0.857. The number of carbonyl (C=O) groups is 1. The van der Waals surface area contributed by atoms with E-state index in [0.29, 0.717) is 24.0 Å².